The highest BCUT2D eigenvalue weighted by atomic mass is 31.2. The van der Waals surface area contributed by atoms with Crippen LogP contribution in [0.2, 0.25) is 0 Å². The van der Waals surface area contributed by atoms with Crippen molar-refractivity contribution in [2.75, 3.05) is 6.54 Å². The Bertz CT molecular complexity index is 1370. The molecule has 3 aromatic rings. The van der Waals surface area contributed by atoms with Crippen molar-refractivity contribution in [3.8, 4) is 6.07 Å². The molecule has 1 aliphatic rings. The molecule has 1 aliphatic heterocycles. The van der Waals surface area contributed by atoms with E-state index >= 15 is 0 Å². The van der Waals surface area contributed by atoms with E-state index in [1.165, 1.54) is 0 Å². The minimum Gasteiger partial charge on any atom is -0.444 e. The van der Waals surface area contributed by atoms with Crippen LogP contribution in [0.25, 0.3) is 0 Å². The number of carbonyl (C=O) groups is 3. The van der Waals surface area contributed by atoms with Gasteiger partial charge in [0.1, 0.15) is 17.0 Å². The summed E-state index contributed by atoms with van der Waals surface area (Å²) in [5.74, 6) is -1.15. The first-order chi connectivity index (χ1) is 19.7. The summed E-state index contributed by atoms with van der Waals surface area (Å²) >= 11 is 0. The van der Waals surface area contributed by atoms with E-state index in [9.17, 15) is 19.6 Å². The van der Waals surface area contributed by atoms with Gasteiger partial charge < -0.3 is 15.4 Å². The van der Waals surface area contributed by atoms with Gasteiger partial charge in [-0.3, -0.25) is 9.59 Å². The minimum absolute atomic E-state index is 0.0541. The smallest absolute Gasteiger partial charge is 0.408 e. The van der Waals surface area contributed by atoms with E-state index in [1.807, 2.05) is 91.0 Å². The molecule has 1 heterocycles. The summed E-state index contributed by atoms with van der Waals surface area (Å²) in [6.45, 7) is 2.78. The molecule has 3 aromatic carbocycles. The topological polar surface area (TPSA) is 108 Å². The van der Waals surface area contributed by atoms with Crippen LogP contribution < -0.4 is 26.5 Å². The van der Waals surface area contributed by atoms with E-state index in [1.54, 1.807) is 20.8 Å². The number of ketones is 1. The molecule has 2 N–H and O–H groups in total. The van der Waals surface area contributed by atoms with Crippen LogP contribution in [0.15, 0.2) is 91.0 Å². The van der Waals surface area contributed by atoms with Gasteiger partial charge in [-0.1, -0.05) is 91.0 Å². The molecule has 8 heteroatoms. The molecule has 0 aliphatic carbocycles. The highest BCUT2D eigenvalue weighted by Gasteiger charge is 2.39. The fraction of sp³-hybridized carbons (Fsp3) is 0.303. The molecular formula is C33H36N3O4P. The molecule has 7 nitrogen and oxygen atoms in total. The van der Waals surface area contributed by atoms with Crippen molar-refractivity contribution in [1.82, 2.24) is 10.6 Å². The number of Topliss-reactive ketones (excluding diaryl/α,β-unsaturated/α-hetero) is 1. The Morgan fingerprint density at radius 3 is 1.85 bits per heavy atom. The SMILES string of the molecule is CC(C)(C)OC(=O)NC(CC1CCCNC1=O)C(=O)C(C#N)=P(c1ccccc1)(c1ccccc1)c1ccccc1. The van der Waals surface area contributed by atoms with Gasteiger partial charge >= 0.3 is 6.09 Å². The average Bonchev–Trinajstić information content (AvgIpc) is 2.97. The van der Waals surface area contributed by atoms with Gasteiger partial charge in [0.2, 0.25) is 5.91 Å². The Kier molecular flexibility index (Phi) is 9.47. The standard InChI is InChI=1S/C33H36N3O4P/c1-33(2,3)40-32(39)36-28(22-24-14-13-21-35-31(24)38)30(37)29(23-34)41(25-15-7-4-8-16-25,26-17-9-5-10-18-26)27-19-11-6-12-20-27/h4-12,15-20,24,28H,13-14,21-22H2,1-3H3,(H,35,38)(H,36,39). The van der Waals surface area contributed by atoms with Crippen LogP contribution in [-0.2, 0) is 14.3 Å². The van der Waals surface area contributed by atoms with E-state index in [-0.39, 0.29) is 17.6 Å². The lowest BCUT2D eigenvalue weighted by Gasteiger charge is -2.32. The van der Waals surface area contributed by atoms with E-state index in [0.29, 0.717) is 13.0 Å². The van der Waals surface area contributed by atoms with Gasteiger partial charge in [-0.05, 0) is 62.8 Å². The quantitative estimate of drug-likeness (QED) is 0.398. The zero-order valence-corrected chi connectivity index (χ0v) is 24.6. The number of carbonyl (C=O) groups excluding carboxylic acids is 3. The van der Waals surface area contributed by atoms with Crippen molar-refractivity contribution in [3.05, 3.63) is 91.0 Å². The van der Waals surface area contributed by atoms with Crippen molar-refractivity contribution in [2.24, 2.45) is 5.92 Å². The first-order valence-electron chi connectivity index (χ1n) is 13.8. The number of nitrogens with zero attached hydrogens (tertiary/aromatic N) is 1. The van der Waals surface area contributed by atoms with Crippen molar-refractivity contribution in [1.29, 1.82) is 5.26 Å². The van der Waals surface area contributed by atoms with E-state index in [0.717, 1.165) is 22.3 Å². The van der Waals surface area contributed by atoms with Gasteiger partial charge in [0.05, 0.1) is 6.04 Å². The highest BCUT2D eigenvalue weighted by Crippen LogP contribution is 2.46. The number of benzene rings is 3. The van der Waals surface area contributed by atoms with Crippen LogP contribution in [0.4, 0.5) is 4.79 Å². The third kappa shape index (κ3) is 6.78. The van der Waals surface area contributed by atoms with E-state index < -0.39 is 36.3 Å². The van der Waals surface area contributed by atoms with E-state index in [2.05, 4.69) is 16.7 Å². The van der Waals surface area contributed by atoms with Crippen LogP contribution in [0.3, 0.4) is 0 Å². The molecule has 1 fully saturated rings. The van der Waals surface area contributed by atoms with Gasteiger partial charge in [0, 0.05) is 12.5 Å². The highest BCUT2D eigenvalue weighted by molar-refractivity contribution is 7.97. The summed E-state index contributed by atoms with van der Waals surface area (Å²) in [5.41, 5.74) is -0.795. The second-order valence-electron chi connectivity index (χ2n) is 11.1. The van der Waals surface area contributed by atoms with Gasteiger partial charge in [-0.2, -0.15) is 5.26 Å². The first-order valence-corrected chi connectivity index (χ1v) is 15.6. The third-order valence-corrected chi connectivity index (χ3v) is 11.2. The monoisotopic (exact) mass is 569 g/mol. The molecule has 0 saturated carbocycles. The fourth-order valence-electron chi connectivity index (χ4n) is 5.28. The van der Waals surface area contributed by atoms with Crippen LogP contribution in [0.1, 0.15) is 40.0 Å². The molecule has 1 saturated heterocycles. The van der Waals surface area contributed by atoms with Gasteiger partial charge in [0.15, 0.2) is 5.78 Å². The van der Waals surface area contributed by atoms with Crippen LogP contribution >= 0.6 is 6.89 Å². The number of hydrogen-bond donors (Lipinski definition) is 2. The van der Waals surface area contributed by atoms with Crippen LogP contribution in [0.5, 0.6) is 0 Å². The van der Waals surface area contributed by atoms with Crippen LogP contribution in [0, 0.1) is 17.2 Å². The minimum atomic E-state index is -3.01. The van der Waals surface area contributed by atoms with Crippen molar-refractivity contribution in [2.45, 2.75) is 51.7 Å². The molecule has 4 rings (SSSR count). The van der Waals surface area contributed by atoms with Crippen molar-refractivity contribution >= 4 is 45.9 Å². The maximum atomic E-state index is 14.7. The molecule has 212 valence electrons. The van der Waals surface area contributed by atoms with E-state index in [4.69, 9.17) is 4.74 Å². The molecule has 0 bridgehead atoms. The van der Waals surface area contributed by atoms with Crippen molar-refractivity contribution in [3.63, 3.8) is 0 Å². The molecule has 2 amide bonds. The molecule has 0 spiro atoms. The summed E-state index contributed by atoms with van der Waals surface area (Å²) in [4.78, 5) is 40.4. The molecule has 0 aromatic heterocycles. The second kappa shape index (κ2) is 13.0. The number of ether oxygens (including phenoxy) is 1. The normalized spacial score (nSPS) is 16.0. The number of piperidine rings is 1. The molecule has 2 atom stereocenters. The molecule has 2 unspecified atom stereocenters. The molecule has 0 radical (unpaired) electrons. The predicted octanol–water partition coefficient (Wildman–Crippen LogP) is 4.06. The molecule has 41 heavy (non-hydrogen) atoms. The Hall–Kier alpha value is -4.14. The van der Waals surface area contributed by atoms with Crippen LogP contribution in [-0.4, -0.2) is 41.3 Å². The number of nitriles is 1. The lowest BCUT2D eigenvalue weighted by Crippen LogP contribution is -2.50. The average molecular weight is 570 g/mol. The second-order valence-corrected chi connectivity index (χ2v) is 14.4. The Morgan fingerprint density at radius 2 is 1.44 bits per heavy atom. The maximum absolute atomic E-state index is 14.7. The van der Waals surface area contributed by atoms with Gasteiger partial charge in [-0.15, -0.1) is 0 Å². The Balaban J connectivity index is 1.98. The Morgan fingerprint density at radius 1 is 0.951 bits per heavy atom. The summed E-state index contributed by atoms with van der Waals surface area (Å²) < 4.78 is 5.50. The maximum Gasteiger partial charge on any atom is 0.408 e. The predicted molar refractivity (Wildman–Crippen MR) is 164 cm³/mol. The number of alkyl carbamates (subject to hydrolysis) is 1. The Labute approximate surface area is 241 Å². The fourth-order valence-corrected chi connectivity index (χ4v) is 9.44. The third-order valence-electron chi connectivity index (χ3n) is 7.03. The summed E-state index contributed by atoms with van der Waals surface area (Å²) in [6.07, 6.45) is 0.651. The lowest BCUT2D eigenvalue weighted by atomic mass is 9.89. The number of amides is 2. The number of rotatable bonds is 8. The molecular weight excluding hydrogens is 533 g/mol. The number of hydrogen-bond acceptors (Lipinski definition) is 5. The summed E-state index contributed by atoms with van der Waals surface area (Å²) in [5, 5.41) is 19.0. The zero-order chi connectivity index (χ0) is 29.5. The van der Waals surface area contributed by atoms with Crippen molar-refractivity contribution < 1.29 is 19.1 Å². The van der Waals surface area contributed by atoms with Gasteiger partial charge in [-0.25, -0.2) is 4.79 Å². The summed E-state index contributed by atoms with van der Waals surface area (Å²) in [7, 11) is 0. The van der Waals surface area contributed by atoms with Gasteiger partial charge in [0.25, 0.3) is 0 Å². The largest absolute Gasteiger partial charge is 0.444 e. The lowest BCUT2D eigenvalue weighted by molar-refractivity contribution is -0.127. The first kappa shape index (κ1) is 29.8. The summed E-state index contributed by atoms with van der Waals surface area (Å²) in [6, 6.07) is 30.0. The zero-order valence-electron chi connectivity index (χ0n) is 23.7. The number of nitrogens with one attached hydrogen (secondary N) is 2.